The molecule has 0 bridgehead atoms. The highest BCUT2D eigenvalue weighted by Crippen LogP contribution is 2.26. The van der Waals surface area contributed by atoms with Crippen molar-refractivity contribution in [3.05, 3.63) is 36.0 Å². The molecule has 0 N–H and O–H groups in total. The Morgan fingerprint density at radius 1 is 1.27 bits per heavy atom. The molecule has 0 aliphatic heterocycles. The minimum absolute atomic E-state index is 0.298. The summed E-state index contributed by atoms with van der Waals surface area (Å²) in [4.78, 5) is 0. The molecule has 1 aliphatic rings. The van der Waals surface area contributed by atoms with Gasteiger partial charge in [-0.25, -0.2) is 0 Å². The average molecular weight is 204 g/mol. The van der Waals surface area contributed by atoms with E-state index in [2.05, 4.69) is 45.6 Å². The first kappa shape index (κ1) is 12.3. The predicted octanol–water partition coefficient (Wildman–Crippen LogP) is 5.04. The van der Waals surface area contributed by atoms with Gasteiger partial charge in [-0.1, -0.05) is 49.8 Å². The molecule has 0 fully saturated rings. The monoisotopic (exact) mass is 204 g/mol. The fourth-order valence-electron chi connectivity index (χ4n) is 1.87. The van der Waals surface area contributed by atoms with Crippen molar-refractivity contribution in [2.75, 3.05) is 0 Å². The van der Waals surface area contributed by atoms with Crippen LogP contribution in [0, 0.1) is 5.41 Å². The van der Waals surface area contributed by atoms with E-state index in [1.807, 2.05) is 0 Å². The van der Waals surface area contributed by atoms with E-state index in [0.29, 0.717) is 5.41 Å². The molecule has 0 heterocycles. The standard InChI is InChI=1S/C15H24/c1-13-7-5-8-14(2)10-12-15(3,4)11-6-9-13/h6,10-11H,1,5,7-9,12H2,2-4H3/b11-6+,14-10-. The van der Waals surface area contributed by atoms with Crippen LogP contribution < -0.4 is 0 Å². The molecule has 0 aromatic rings. The van der Waals surface area contributed by atoms with Crippen molar-refractivity contribution in [2.45, 2.75) is 52.9 Å². The van der Waals surface area contributed by atoms with E-state index in [9.17, 15) is 0 Å². The molecule has 0 amide bonds. The van der Waals surface area contributed by atoms with Crippen LogP contribution in [0.25, 0.3) is 0 Å². The molecular weight excluding hydrogens is 180 g/mol. The predicted molar refractivity (Wildman–Crippen MR) is 68.9 cm³/mol. The smallest absolute Gasteiger partial charge is 0.0140 e. The normalized spacial score (nSPS) is 28.7. The van der Waals surface area contributed by atoms with Gasteiger partial charge in [0.05, 0.1) is 0 Å². The summed E-state index contributed by atoms with van der Waals surface area (Å²) in [6.07, 6.45) is 12.9. The summed E-state index contributed by atoms with van der Waals surface area (Å²) in [5.74, 6) is 0. The van der Waals surface area contributed by atoms with Crippen molar-refractivity contribution in [2.24, 2.45) is 5.41 Å². The van der Waals surface area contributed by atoms with Crippen LogP contribution >= 0.6 is 0 Å². The zero-order valence-corrected chi connectivity index (χ0v) is 10.5. The van der Waals surface area contributed by atoms with Crippen molar-refractivity contribution in [1.82, 2.24) is 0 Å². The lowest BCUT2D eigenvalue weighted by Crippen LogP contribution is -2.05. The van der Waals surface area contributed by atoms with Crippen molar-refractivity contribution in [3.63, 3.8) is 0 Å². The maximum Gasteiger partial charge on any atom is -0.0140 e. The van der Waals surface area contributed by atoms with Gasteiger partial charge in [-0.3, -0.25) is 0 Å². The van der Waals surface area contributed by atoms with Crippen LogP contribution in [0.15, 0.2) is 36.0 Å². The van der Waals surface area contributed by atoms with Gasteiger partial charge in [0.15, 0.2) is 0 Å². The second-order valence-corrected chi connectivity index (χ2v) is 5.45. The van der Waals surface area contributed by atoms with Crippen molar-refractivity contribution in [3.8, 4) is 0 Å². The molecular formula is C15H24. The van der Waals surface area contributed by atoms with Crippen molar-refractivity contribution < 1.29 is 0 Å². The quantitative estimate of drug-likeness (QED) is 0.485. The summed E-state index contributed by atoms with van der Waals surface area (Å²) < 4.78 is 0. The van der Waals surface area contributed by atoms with Crippen LogP contribution in [0.3, 0.4) is 0 Å². The second kappa shape index (κ2) is 5.34. The Labute approximate surface area is 94.8 Å². The van der Waals surface area contributed by atoms with Gasteiger partial charge in [-0.15, -0.1) is 0 Å². The number of allylic oxidation sites excluding steroid dienone is 5. The summed E-state index contributed by atoms with van der Waals surface area (Å²) in [6.45, 7) is 11.0. The van der Waals surface area contributed by atoms with E-state index in [1.165, 1.54) is 30.4 Å². The topological polar surface area (TPSA) is 0 Å². The van der Waals surface area contributed by atoms with Crippen LogP contribution in [0.2, 0.25) is 0 Å². The number of rotatable bonds is 0. The van der Waals surface area contributed by atoms with Crippen molar-refractivity contribution in [1.29, 1.82) is 0 Å². The lowest BCUT2D eigenvalue weighted by atomic mass is 9.87. The highest BCUT2D eigenvalue weighted by atomic mass is 14.2. The molecule has 0 unspecified atom stereocenters. The summed E-state index contributed by atoms with van der Waals surface area (Å²) in [6, 6.07) is 0. The van der Waals surface area contributed by atoms with Gasteiger partial charge in [-0.2, -0.15) is 0 Å². The van der Waals surface area contributed by atoms with Crippen LogP contribution in [0.5, 0.6) is 0 Å². The first-order valence-electron chi connectivity index (χ1n) is 5.99. The number of hydrogen-bond acceptors (Lipinski definition) is 0. The van der Waals surface area contributed by atoms with E-state index in [0.717, 1.165) is 12.8 Å². The minimum Gasteiger partial charge on any atom is -0.0995 e. The van der Waals surface area contributed by atoms with Crippen LogP contribution in [-0.4, -0.2) is 0 Å². The third kappa shape index (κ3) is 5.01. The third-order valence-electron chi connectivity index (χ3n) is 3.05. The van der Waals surface area contributed by atoms with E-state index in [1.54, 1.807) is 0 Å². The zero-order chi connectivity index (χ0) is 11.3. The molecule has 0 atom stereocenters. The van der Waals surface area contributed by atoms with Gasteiger partial charge in [-0.05, 0) is 44.4 Å². The summed E-state index contributed by atoms with van der Waals surface area (Å²) in [5.41, 5.74) is 3.20. The maximum atomic E-state index is 4.12. The fraction of sp³-hybridized carbons (Fsp3) is 0.600. The third-order valence-corrected chi connectivity index (χ3v) is 3.05. The van der Waals surface area contributed by atoms with E-state index < -0.39 is 0 Å². The maximum absolute atomic E-state index is 4.12. The SMILES string of the molecule is C=C1C/C=C/C(C)(C)C/C=C(/C)CCC1. The Bertz CT molecular complexity index is 276. The minimum atomic E-state index is 0.298. The lowest BCUT2D eigenvalue weighted by molar-refractivity contribution is 0.486. The second-order valence-electron chi connectivity index (χ2n) is 5.45. The molecule has 0 aromatic carbocycles. The van der Waals surface area contributed by atoms with Gasteiger partial charge in [0.2, 0.25) is 0 Å². The average Bonchev–Trinajstić information content (AvgIpc) is 2.15. The lowest BCUT2D eigenvalue weighted by Gasteiger charge is -2.18. The highest BCUT2D eigenvalue weighted by molar-refractivity contribution is 5.10. The Morgan fingerprint density at radius 2 is 2.00 bits per heavy atom. The molecule has 1 aliphatic carbocycles. The van der Waals surface area contributed by atoms with Gasteiger partial charge in [0, 0.05) is 0 Å². The van der Waals surface area contributed by atoms with Crippen LogP contribution in [-0.2, 0) is 0 Å². The molecule has 0 nitrogen and oxygen atoms in total. The Morgan fingerprint density at radius 3 is 2.73 bits per heavy atom. The highest BCUT2D eigenvalue weighted by Gasteiger charge is 2.12. The molecule has 0 radical (unpaired) electrons. The first-order valence-corrected chi connectivity index (χ1v) is 5.99. The molecule has 0 heteroatoms. The Balaban J connectivity index is 2.73. The fourth-order valence-corrected chi connectivity index (χ4v) is 1.87. The zero-order valence-electron chi connectivity index (χ0n) is 10.5. The van der Waals surface area contributed by atoms with E-state index in [4.69, 9.17) is 0 Å². The largest absolute Gasteiger partial charge is 0.0995 e. The summed E-state index contributed by atoms with van der Waals surface area (Å²) in [7, 11) is 0. The van der Waals surface area contributed by atoms with Crippen LogP contribution in [0.1, 0.15) is 52.9 Å². The molecule has 0 saturated heterocycles. The van der Waals surface area contributed by atoms with Gasteiger partial charge in [0.25, 0.3) is 0 Å². The first-order chi connectivity index (χ1) is 6.99. The molecule has 15 heavy (non-hydrogen) atoms. The Hall–Kier alpha value is -0.780. The van der Waals surface area contributed by atoms with E-state index >= 15 is 0 Å². The molecule has 0 saturated carbocycles. The van der Waals surface area contributed by atoms with Gasteiger partial charge in [0.1, 0.15) is 0 Å². The Kier molecular flexibility index (Phi) is 4.38. The number of hydrogen-bond donors (Lipinski definition) is 0. The summed E-state index contributed by atoms with van der Waals surface area (Å²) >= 11 is 0. The summed E-state index contributed by atoms with van der Waals surface area (Å²) in [5, 5.41) is 0. The van der Waals surface area contributed by atoms with Gasteiger partial charge < -0.3 is 0 Å². The van der Waals surface area contributed by atoms with Gasteiger partial charge >= 0.3 is 0 Å². The molecule has 0 spiro atoms. The van der Waals surface area contributed by atoms with Crippen molar-refractivity contribution >= 4 is 0 Å². The molecule has 84 valence electrons. The molecule has 1 rings (SSSR count). The van der Waals surface area contributed by atoms with Crippen LogP contribution in [0.4, 0.5) is 0 Å². The molecule has 0 aromatic heterocycles. The van der Waals surface area contributed by atoms with E-state index in [-0.39, 0.29) is 0 Å².